The summed E-state index contributed by atoms with van der Waals surface area (Å²) in [4.78, 5) is 2.43. The molecule has 1 saturated heterocycles. The third kappa shape index (κ3) is 4.00. The molecule has 0 atom stereocenters. The highest BCUT2D eigenvalue weighted by Gasteiger charge is 2.15. The van der Waals surface area contributed by atoms with E-state index in [1.807, 2.05) is 18.2 Å². The molecule has 0 aromatic heterocycles. The maximum Gasteiger partial charge on any atom is 0.0359 e. The maximum absolute atomic E-state index is 5.92. The molecule has 1 aliphatic rings. The molecule has 0 saturated carbocycles. The first-order chi connectivity index (χ1) is 8.75. The highest BCUT2D eigenvalue weighted by molar-refractivity contribution is 5.46. The molecule has 3 nitrogen and oxygen atoms in total. The number of hydrogen-bond donors (Lipinski definition) is 2. The maximum atomic E-state index is 5.92. The van der Waals surface area contributed by atoms with E-state index in [2.05, 4.69) is 23.3 Å². The number of nitrogens with one attached hydrogen (secondary N) is 1. The molecule has 1 aromatic rings. The molecule has 0 amide bonds. The van der Waals surface area contributed by atoms with Crippen LogP contribution in [-0.2, 0) is 6.54 Å². The first-order valence-electron chi connectivity index (χ1n) is 6.98. The van der Waals surface area contributed by atoms with Crippen molar-refractivity contribution in [2.45, 2.75) is 25.8 Å². The van der Waals surface area contributed by atoms with E-state index in [9.17, 15) is 0 Å². The van der Waals surface area contributed by atoms with Gasteiger partial charge in [-0.3, -0.25) is 0 Å². The molecule has 0 bridgehead atoms. The van der Waals surface area contributed by atoms with Crippen LogP contribution in [0.2, 0.25) is 0 Å². The Morgan fingerprint density at radius 1 is 1.28 bits per heavy atom. The normalized spacial score (nSPS) is 18.1. The fourth-order valence-electron chi connectivity index (χ4n) is 2.58. The van der Waals surface area contributed by atoms with Gasteiger partial charge < -0.3 is 16.0 Å². The highest BCUT2D eigenvalue weighted by atomic mass is 15.1. The molecule has 0 unspecified atom stereocenters. The van der Waals surface area contributed by atoms with Crippen LogP contribution in [0.4, 0.5) is 5.69 Å². The number of para-hydroxylation sites is 1. The van der Waals surface area contributed by atoms with Gasteiger partial charge in [0.2, 0.25) is 0 Å². The molecule has 18 heavy (non-hydrogen) atoms. The van der Waals surface area contributed by atoms with Gasteiger partial charge in [-0.25, -0.2) is 0 Å². The predicted molar refractivity (Wildman–Crippen MR) is 77.4 cm³/mol. The van der Waals surface area contributed by atoms with Crippen LogP contribution in [0.15, 0.2) is 24.3 Å². The van der Waals surface area contributed by atoms with Crippen molar-refractivity contribution >= 4 is 5.69 Å². The van der Waals surface area contributed by atoms with Gasteiger partial charge in [-0.2, -0.15) is 0 Å². The molecule has 1 heterocycles. The first kappa shape index (κ1) is 13.4. The predicted octanol–water partition coefficient (Wildman–Crippen LogP) is 2.09. The van der Waals surface area contributed by atoms with E-state index in [0.717, 1.165) is 24.7 Å². The summed E-state index contributed by atoms with van der Waals surface area (Å²) < 4.78 is 0. The molecule has 0 radical (unpaired) electrons. The van der Waals surface area contributed by atoms with E-state index in [1.165, 1.54) is 37.9 Å². The smallest absolute Gasteiger partial charge is 0.0359 e. The van der Waals surface area contributed by atoms with Crippen molar-refractivity contribution in [3.63, 3.8) is 0 Å². The summed E-state index contributed by atoms with van der Waals surface area (Å²) in [5.41, 5.74) is 8.02. The summed E-state index contributed by atoms with van der Waals surface area (Å²) in [6.45, 7) is 4.51. The summed E-state index contributed by atoms with van der Waals surface area (Å²) >= 11 is 0. The van der Waals surface area contributed by atoms with Crippen LogP contribution in [0.1, 0.15) is 24.8 Å². The van der Waals surface area contributed by atoms with Crippen molar-refractivity contribution in [1.82, 2.24) is 10.2 Å². The van der Waals surface area contributed by atoms with Gasteiger partial charge in [0.05, 0.1) is 0 Å². The van der Waals surface area contributed by atoms with E-state index in [-0.39, 0.29) is 0 Å². The minimum absolute atomic E-state index is 0.888. The van der Waals surface area contributed by atoms with Gasteiger partial charge in [0.15, 0.2) is 0 Å². The van der Waals surface area contributed by atoms with Gasteiger partial charge in [0, 0.05) is 12.2 Å². The second kappa shape index (κ2) is 6.76. The van der Waals surface area contributed by atoms with E-state index in [1.54, 1.807) is 0 Å². The lowest BCUT2D eigenvalue weighted by Gasteiger charge is -2.28. The lowest BCUT2D eigenvalue weighted by Crippen LogP contribution is -2.31. The lowest BCUT2D eigenvalue weighted by molar-refractivity contribution is 0.211. The van der Waals surface area contributed by atoms with Crippen molar-refractivity contribution in [1.29, 1.82) is 0 Å². The summed E-state index contributed by atoms with van der Waals surface area (Å²) in [7, 11) is 2.21. The Morgan fingerprint density at radius 3 is 2.72 bits per heavy atom. The van der Waals surface area contributed by atoms with E-state index in [4.69, 9.17) is 5.73 Å². The average molecular weight is 247 g/mol. The Balaban J connectivity index is 1.63. The molecule has 3 N–H and O–H groups in total. The number of hydrogen-bond acceptors (Lipinski definition) is 3. The number of rotatable bonds is 5. The number of anilines is 1. The van der Waals surface area contributed by atoms with Gasteiger partial charge in [-0.1, -0.05) is 18.2 Å². The molecular formula is C15H25N3. The number of piperidine rings is 1. The molecule has 1 aliphatic heterocycles. The Kier molecular flexibility index (Phi) is 5.02. The second-order valence-electron chi connectivity index (χ2n) is 5.41. The minimum atomic E-state index is 0.888. The molecule has 1 fully saturated rings. The third-order valence-electron chi connectivity index (χ3n) is 3.94. The fourth-order valence-corrected chi connectivity index (χ4v) is 2.58. The van der Waals surface area contributed by atoms with Crippen LogP contribution in [0.25, 0.3) is 0 Å². The Labute approximate surface area is 110 Å². The fraction of sp³-hybridized carbons (Fsp3) is 0.600. The number of nitrogen functional groups attached to an aromatic ring is 1. The van der Waals surface area contributed by atoms with Crippen LogP contribution in [-0.4, -0.2) is 31.6 Å². The lowest BCUT2D eigenvalue weighted by atomic mass is 9.94. The van der Waals surface area contributed by atoms with Crippen molar-refractivity contribution in [3.05, 3.63) is 29.8 Å². The molecule has 2 rings (SSSR count). The zero-order chi connectivity index (χ0) is 12.8. The van der Waals surface area contributed by atoms with Crippen LogP contribution in [0.3, 0.4) is 0 Å². The van der Waals surface area contributed by atoms with Gasteiger partial charge in [-0.05, 0) is 63.5 Å². The SMILES string of the molecule is CN1CCC(CCNCc2ccccc2N)CC1. The van der Waals surface area contributed by atoms with Crippen LogP contribution < -0.4 is 11.1 Å². The van der Waals surface area contributed by atoms with Crippen LogP contribution >= 0.6 is 0 Å². The van der Waals surface area contributed by atoms with Crippen molar-refractivity contribution in [2.75, 3.05) is 32.4 Å². The Bertz CT molecular complexity index is 357. The van der Waals surface area contributed by atoms with E-state index >= 15 is 0 Å². The summed E-state index contributed by atoms with van der Waals surface area (Å²) in [6.07, 6.45) is 4.00. The average Bonchev–Trinajstić information content (AvgIpc) is 2.39. The number of nitrogens with two attached hydrogens (primary N) is 1. The Hall–Kier alpha value is -1.06. The standard InChI is InChI=1S/C15H25N3/c1-18-10-7-13(8-11-18)6-9-17-12-14-4-2-3-5-15(14)16/h2-5,13,17H,6-12,16H2,1H3. The topological polar surface area (TPSA) is 41.3 Å². The molecule has 3 heteroatoms. The number of likely N-dealkylation sites (tertiary alicyclic amines) is 1. The van der Waals surface area contributed by atoms with Crippen LogP contribution in [0, 0.1) is 5.92 Å². The summed E-state index contributed by atoms with van der Waals surface area (Å²) in [5.74, 6) is 0.904. The molecule has 100 valence electrons. The van der Waals surface area contributed by atoms with Crippen molar-refractivity contribution < 1.29 is 0 Å². The first-order valence-corrected chi connectivity index (χ1v) is 6.98. The van der Waals surface area contributed by atoms with Gasteiger partial charge in [-0.15, -0.1) is 0 Å². The second-order valence-corrected chi connectivity index (χ2v) is 5.41. The molecule has 1 aromatic carbocycles. The van der Waals surface area contributed by atoms with Gasteiger partial charge in [0.1, 0.15) is 0 Å². The largest absolute Gasteiger partial charge is 0.398 e. The number of nitrogens with zero attached hydrogens (tertiary/aromatic N) is 1. The quantitative estimate of drug-likeness (QED) is 0.618. The number of benzene rings is 1. The summed E-state index contributed by atoms with van der Waals surface area (Å²) in [6, 6.07) is 8.09. The summed E-state index contributed by atoms with van der Waals surface area (Å²) in [5, 5.41) is 3.51. The van der Waals surface area contributed by atoms with E-state index in [0.29, 0.717) is 0 Å². The molecule has 0 spiro atoms. The van der Waals surface area contributed by atoms with Gasteiger partial charge in [0.25, 0.3) is 0 Å². The zero-order valence-electron chi connectivity index (χ0n) is 11.4. The Morgan fingerprint density at radius 2 is 2.00 bits per heavy atom. The zero-order valence-corrected chi connectivity index (χ0v) is 11.4. The van der Waals surface area contributed by atoms with Crippen molar-refractivity contribution in [3.8, 4) is 0 Å². The minimum Gasteiger partial charge on any atom is -0.398 e. The monoisotopic (exact) mass is 247 g/mol. The van der Waals surface area contributed by atoms with Crippen LogP contribution in [0.5, 0.6) is 0 Å². The highest BCUT2D eigenvalue weighted by Crippen LogP contribution is 2.18. The van der Waals surface area contributed by atoms with E-state index < -0.39 is 0 Å². The third-order valence-corrected chi connectivity index (χ3v) is 3.94. The molecule has 0 aliphatic carbocycles. The van der Waals surface area contributed by atoms with Crippen molar-refractivity contribution in [2.24, 2.45) is 5.92 Å². The molecular weight excluding hydrogens is 222 g/mol. The van der Waals surface area contributed by atoms with Gasteiger partial charge >= 0.3 is 0 Å².